The molecule has 1 heterocycles. The Morgan fingerprint density at radius 1 is 1.17 bits per heavy atom. The third kappa shape index (κ3) is 3.27. The first kappa shape index (κ1) is 13.4. The number of halogens is 1. The number of nitrogens with zero attached hydrogens (tertiary/aromatic N) is 1. The summed E-state index contributed by atoms with van der Waals surface area (Å²) >= 11 is 7.73. The van der Waals surface area contributed by atoms with Gasteiger partial charge in [-0.2, -0.15) is 11.8 Å². The Kier molecular flexibility index (Phi) is 4.66. The summed E-state index contributed by atoms with van der Waals surface area (Å²) in [5, 5.41) is 0.762. The SMILES string of the molecule is O=C1CCC(=O)N1CCSCc1ccccc1Cl. The van der Waals surface area contributed by atoms with Crippen LogP contribution in [0.1, 0.15) is 18.4 Å². The van der Waals surface area contributed by atoms with Crippen molar-refractivity contribution in [1.82, 2.24) is 4.90 Å². The predicted octanol–water partition coefficient (Wildman–Crippen LogP) is 2.72. The largest absolute Gasteiger partial charge is 0.282 e. The zero-order valence-corrected chi connectivity index (χ0v) is 11.5. The highest BCUT2D eigenvalue weighted by atomic mass is 35.5. The number of rotatable bonds is 5. The van der Waals surface area contributed by atoms with Gasteiger partial charge in [0.1, 0.15) is 0 Å². The van der Waals surface area contributed by atoms with Gasteiger partial charge < -0.3 is 0 Å². The zero-order chi connectivity index (χ0) is 13.0. The van der Waals surface area contributed by atoms with E-state index >= 15 is 0 Å². The minimum atomic E-state index is -0.0432. The Balaban J connectivity index is 1.75. The van der Waals surface area contributed by atoms with E-state index in [9.17, 15) is 9.59 Å². The van der Waals surface area contributed by atoms with Crippen LogP contribution in [0.2, 0.25) is 5.02 Å². The van der Waals surface area contributed by atoms with Crippen LogP contribution in [0.25, 0.3) is 0 Å². The van der Waals surface area contributed by atoms with Crippen LogP contribution >= 0.6 is 23.4 Å². The van der Waals surface area contributed by atoms with Crippen LogP contribution in [0.3, 0.4) is 0 Å². The molecule has 0 atom stereocenters. The molecule has 0 aliphatic carbocycles. The van der Waals surface area contributed by atoms with Crippen molar-refractivity contribution in [3.63, 3.8) is 0 Å². The highest BCUT2D eigenvalue weighted by Crippen LogP contribution is 2.21. The number of imide groups is 1. The molecule has 18 heavy (non-hydrogen) atoms. The minimum Gasteiger partial charge on any atom is -0.282 e. The lowest BCUT2D eigenvalue weighted by atomic mass is 10.2. The topological polar surface area (TPSA) is 37.4 Å². The third-order valence-corrected chi connectivity index (χ3v) is 4.18. The maximum absolute atomic E-state index is 11.4. The van der Waals surface area contributed by atoms with Crippen LogP contribution < -0.4 is 0 Å². The maximum Gasteiger partial charge on any atom is 0.229 e. The van der Waals surface area contributed by atoms with Crippen molar-refractivity contribution in [2.75, 3.05) is 12.3 Å². The highest BCUT2D eigenvalue weighted by molar-refractivity contribution is 7.98. The summed E-state index contributed by atoms with van der Waals surface area (Å²) in [4.78, 5) is 24.1. The van der Waals surface area contributed by atoms with Crippen molar-refractivity contribution in [3.8, 4) is 0 Å². The molecule has 0 aromatic heterocycles. The van der Waals surface area contributed by atoms with Gasteiger partial charge in [-0.25, -0.2) is 0 Å². The van der Waals surface area contributed by atoms with E-state index in [0.29, 0.717) is 19.4 Å². The van der Waals surface area contributed by atoms with Gasteiger partial charge in [-0.05, 0) is 11.6 Å². The van der Waals surface area contributed by atoms with Crippen molar-refractivity contribution < 1.29 is 9.59 Å². The van der Waals surface area contributed by atoms with Gasteiger partial charge in [0, 0.05) is 35.9 Å². The standard InChI is InChI=1S/C13H14ClNO2S/c14-11-4-2-1-3-10(11)9-18-8-7-15-12(16)5-6-13(15)17/h1-4H,5-9H2. The first-order chi connectivity index (χ1) is 8.68. The number of carbonyl (C=O) groups is 2. The minimum absolute atomic E-state index is 0.0432. The van der Waals surface area contributed by atoms with Gasteiger partial charge in [-0.3, -0.25) is 14.5 Å². The highest BCUT2D eigenvalue weighted by Gasteiger charge is 2.27. The summed E-state index contributed by atoms with van der Waals surface area (Å²) in [6, 6.07) is 7.71. The average Bonchev–Trinajstić information content (AvgIpc) is 2.67. The van der Waals surface area contributed by atoms with Crippen LogP contribution in [-0.2, 0) is 15.3 Å². The monoisotopic (exact) mass is 283 g/mol. The first-order valence-electron chi connectivity index (χ1n) is 5.83. The van der Waals surface area contributed by atoms with E-state index < -0.39 is 0 Å². The third-order valence-electron chi connectivity index (χ3n) is 2.83. The molecule has 1 fully saturated rings. The number of carbonyl (C=O) groups excluding carboxylic acids is 2. The van der Waals surface area contributed by atoms with E-state index in [-0.39, 0.29) is 11.8 Å². The van der Waals surface area contributed by atoms with Gasteiger partial charge in [0.05, 0.1) is 0 Å². The molecule has 2 amide bonds. The van der Waals surface area contributed by atoms with Crippen molar-refractivity contribution in [3.05, 3.63) is 34.9 Å². The van der Waals surface area contributed by atoms with Crippen LogP contribution in [0.15, 0.2) is 24.3 Å². The Morgan fingerprint density at radius 3 is 2.50 bits per heavy atom. The zero-order valence-electron chi connectivity index (χ0n) is 9.89. The van der Waals surface area contributed by atoms with Gasteiger partial charge >= 0.3 is 0 Å². The van der Waals surface area contributed by atoms with E-state index in [4.69, 9.17) is 11.6 Å². The lowest BCUT2D eigenvalue weighted by Crippen LogP contribution is -2.31. The van der Waals surface area contributed by atoms with E-state index in [1.165, 1.54) is 4.90 Å². The van der Waals surface area contributed by atoms with Gasteiger partial charge in [-0.1, -0.05) is 29.8 Å². The fourth-order valence-electron chi connectivity index (χ4n) is 1.83. The quantitative estimate of drug-likeness (QED) is 0.616. The lowest BCUT2D eigenvalue weighted by Gasteiger charge is -2.13. The second kappa shape index (κ2) is 6.25. The van der Waals surface area contributed by atoms with Gasteiger partial charge in [0.25, 0.3) is 0 Å². The molecule has 1 aromatic rings. The fourth-order valence-corrected chi connectivity index (χ4v) is 3.04. The molecular formula is C13H14ClNO2S. The molecule has 1 aliphatic rings. The van der Waals surface area contributed by atoms with Crippen LogP contribution in [-0.4, -0.2) is 29.0 Å². The predicted molar refractivity (Wildman–Crippen MR) is 73.6 cm³/mol. The molecule has 96 valence electrons. The second-order valence-corrected chi connectivity index (χ2v) is 5.60. The summed E-state index contributed by atoms with van der Waals surface area (Å²) in [7, 11) is 0. The summed E-state index contributed by atoms with van der Waals surface area (Å²) in [5.41, 5.74) is 1.09. The number of amides is 2. The van der Waals surface area contributed by atoms with Crippen molar-refractivity contribution in [2.24, 2.45) is 0 Å². The van der Waals surface area contributed by atoms with E-state index in [2.05, 4.69) is 0 Å². The number of likely N-dealkylation sites (tertiary alicyclic amines) is 1. The molecule has 0 saturated carbocycles. The lowest BCUT2D eigenvalue weighted by molar-refractivity contribution is -0.137. The Labute approximate surface area is 115 Å². The first-order valence-corrected chi connectivity index (χ1v) is 7.36. The molecule has 0 radical (unpaired) electrons. The Bertz CT molecular complexity index is 448. The van der Waals surface area contributed by atoms with E-state index in [1.807, 2.05) is 24.3 Å². The summed E-state index contributed by atoms with van der Waals surface area (Å²) < 4.78 is 0. The summed E-state index contributed by atoms with van der Waals surface area (Å²) in [6.45, 7) is 0.507. The smallest absolute Gasteiger partial charge is 0.229 e. The maximum atomic E-state index is 11.4. The molecule has 1 aromatic carbocycles. The summed E-state index contributed by atoms with van der Waals surface area (Å²) in [6.07, 6.45) is 0.738. The molecule has 0 spiro atoms. The van der Waals surface area contributed by atoms with Crippen LogP contribution in [0.4, 0.5) is 0 Å². The number of benzene rings is 1. The fraction of sp³-hybridized carbons (Fsp3) is 0.385. The molecule has 0 unspecified atom stereocenters. The van der Waals surface area contributed by atoms with Crippen molar-refractivity contribution in [1.29, 1.82) is 0 Å². The summed E-state index contributed by atoms with van der Waals surface area (Å²) in [5.74, 6) is 1.47. The van der Waals surface area contributed by atoms with E-state index in [0.717, 1.165) is 22.1 Å². The molecule has 1 aliphatic heterocycles. The molecular weight excluding hydrogens is 270 g/mol. The van der Waals surface area contributed by atoms with Gasteiger partial charge in [0.15, 0.2) is 0 Å². The molecule has 2 rings (SSSR count). The normalized spacial score (nSPS) is 15.5. The Hall–Kier alpha value is -1.00. The number of thioether (sulfide) groups is 1. The number of hydrogen-bond acceptors (Lipinski definition) is 3. The van der Waals surface area contributed by atoms with E-state index in [1.54, 1.807) is 11.8 Å². The Morgan fingerprint density at radius 2 is 1.83 bits per heavy atom. The molecule has 3 nitrogen and oxygen atoms in total. The van der Waals surface area contributed by atoms with Gasteiger partial charge in [-0.15, -0.1) is 0 Å². The molecule has 1 saturated heterocycles. The van der Waals surface area contributed by atoms with Gasteiger partial charge in [0.2, 0.25) is 11.8 Å². The molecule has 0 bridgehead atoms. The van der Waals surface area contributed by atoms with Crippen LogP contribution in [0, 0.1) is 0 Å². The van der Waals surface area contributed by atoms with Crippen molar-refractivity contribution >= 4 is 35.2 Å². The second-order valence-electron chi connectivity index (χ2n) is 4.08. The van der Waals surface area contributed by atoms with Crippen molar-refractivity contribution in [2.45, 2.75) is 18.6 Å². The number of hydrogen-bond donors (Lipinski definition) is 0. The average molecular weight is 284 g/mol. The molecule has 5 heteroatoms. The molecule has 0 N–H and O–H groups in total. The van der Waals surface area contributed by atoms with Crippen LogP contribution in [0.5, 0.6) is 0 Å².